The molecule has 0 unspecified atom stereocenters. The molecule has 1 heteroatoms. The molecule has 29 heavy (non-hydrogen) atoms. The van der Waals surface area contributed by atoms with E-state index in [1.165, 1.54) is 75.3 Å². The second-order valence-electron chi connectivity index (χ2n) is 8.18. The molecule has 0 aliphatic heterocycles. The quantitative estimate of drug-likeness (QED) is 0.180. The number of aryl methyl sites for hydroxylation is 2. The summed E-state index contributed by atoms with van der Waals surface area (Å²) in [5, 5.41) is 0. The lowest BCUT2D eigenvalue weighted by Crippen LogP contribution is -1.94. The summed E-state index contributed by atoms with van der Waals surface area (Å²) in [4.78, 5) is 12.3. The zero-order chi connectivity index (χ0) is 20.7. The number of allylic oxidation sites excluding steroid dienone is 1. The molecular weight excluding hydrogens is 352 g/mol. The Morgan fingerprint density at radius 2 is 1.41 bits per heavy atom. The van der Waals surface area contributed by atoms with E-state index in [9.17, 15) is 4.79 Å². The Hall–Kier alpha value is -2.15. The summed E-state index contributed by atoms with van der Waals surface area (Å²) in [6, 6.07) is 16.0. The minimum Gasteiger partial charge on any atom is -0.289 e. The van der Waals surface area contributed by atoms with E-state index in [-0.39, 0.29) is 5.78 Å². The first-order chi connectivity index (χ1) is 14.2. The van der Waals surface area contributed by atoms with Crippen molar-refractivity contribution in [2.24, 2.45) is 0 Å². The van der Waals surface area contributed by atoms with Gasteiger partial charge in [0.05, 0.1) is 0 Å². The van der Waals surface area contributed by atoms with Crippen molar-refractivity contribution in [2.45, 2.75) is 84.5 Å². The number of ketones is 1. The highest BCUT2D eigenvalue weighted by Crippen LogP contribution is 2.17. The summed E-state index contributed by atoms with van der Waals surface area (Å²) in [6.45, 7) is 4.46. The molecule has 156 valence electrons. The largest absolute Gasteiger partial charge is 0.289 e. The van der Waals surface area contributed by atoms with Crippen molar-refractivity contribution in [1.29, 1.82) is 0 Å². The summed E-state index contributed by atoms with van der Waals surface area (Å²) in [6.07, 6.45) is 18.5. The molecule has 0 N–H and O–H groups in total. The monoisotopic (exact) mass is 390 g/mol. The van der Waals surface area contributed by atoms with E-state index in [0.29, 0.717) is 0 Å². The highest BCUT2D eigenvalue weighted by atomic mass is 16.1. The smallest absolute Gasteiger partial charge is 0.185 e. The van der Waals surface area contributed by atoms with Crippen LogP contribution >= 0.6 is 0 Å². The number of benzene rings is 2. The van der Waals surface area contributed by atoms with Crippen molar-refractivity contribution < 1.29 is 4.79 Å². The lowest BCUT2D eigenvalue weighted by Gasteiger charge is -2.08. The molecule has 0 amide bonds. The van der Waals surface area contributed by atoms with Crippen LogP contribution in [0.4, 0.5) is 0 Å². The molecule has 0 aliphatic rings. The predicted molar refractivity (Wildman–Crippen MR) is 127 cm³/mol. The Morgan fingerprint density at radius 3 is 2.07 bits per heavy atom. The molecule has 0 aliphatic carbocycles. The number of carbonyl (C=O) groups excluding carboxylic acids is 1. The SMILES string of the molecule is CCCCCCCCCCCCc1cc(C=CC(=O)c2ccccc2)ccc1C. The van der Waals surface area contributed by atoms with Crippen LogP contribution in [-0.4, -0.2) is 5.78 Å². The van der Waals surface area contributed by atoms with Crippen LogP contribution in [0.25, 0.3) is 6.08 Å². The highest BCUT2D eigenvalue weighted by molar-refractivity contribution is 6.06. The van der Waals surface area contributed by atoms with Crippen molar-refractivity contribution in [1.82, 2.24) is 0 Å². The van der Waals surface area contributed by atoms with Gasteiger partial charge in [0.1, 0.15) is 0 Å². The molecule has 0 atom stereocenters. The van der Waals surface area contributed by atoms with Gasteiger partial charge in [-0.3, -0.25) is 4.79 Å². The Balaban J connectivity index is 1.72. The maximum atomic E-state index is 12.3. The molecule has 0 spiro atoms. The molecule has 0 saturated carbocycles. The van der Waals surface area contributed by atoms with E-state index in [0.717, 1.165) is 17.5 Å². The molecule has 2 aromatic rings. The summed E-state index contributed by atoms with van der Waals surface area (Å²) >= 11 is 0. The van der Waals surface area contributed by atoms with Crippen LogP contribution < -0.4 is 0 Å². The van der Waals surface area contributed by atoms with E-state index in [2.05, 4.69) is 32.0 Å². The first-order valence-corrected chi connectivity index (χ1v) is 11.6. The maximum absolute atomic E-state index is 12.3. The highest BCUT2D eigenvalue weighted by Gasteiger charge is 2.02. The van der Waals surface area contributed by atoms with Gasteiger partial charge in [0.15, 0.2) is 5.78 Å². The van der Waals surface area contributed by atoms with E-state index >= 15 is 0 Å². The van der Waals surface area contributed by atoms with Crippen LogP contribution in [0.1, 0.15) is 98.2 Å². The zero-order valence-corrected chi connectivity index (χ0v) is 18.5. The number of unbranched alkanes of at least 4 members (excludes halogenated alkanes) is 9. The summed E-state index contributed by atoms with van der Waals surface area (Å²) < 4.78 is 0. The van der Waals surface area contributed by atoms with Gasteiger partial charge >= 0.3 is 0 Å². The second kappa shape index (κ2) is 13.9. The fraction of sp³-hybridized carbons (Fsp3) is 0.464. The van der Waals surface area contributed by atoms with Crippen LogP contribution in [0, 0.1) is 6.92 Å². The Labute approximate surface area is 178 Å². The number of rotatable bonds is 14. The molecule has 1 nitrogen and oxygen atoms in total. The third-order valence-corrected chi connectivity index (χ3v) is 5.66. The Kier molecular flexibility index (Phi) is 11.1. The molecule has 0 fully saturated rings. The van der Waals surface area contributed by atoms with Crippen LogP contribution in [0.5, 0.6) is 0 Å². The van der Waals surface area contributed by atoms with Crippen molar-refractivity contribution in [2.75, 3.05) is 0 Å². The van der Waals surface area contributed by atoms with E-state index in [1.54, 1.807) is 6.08 Å². The normalized spacial score (nSPS) is 11.2. The van der Waals surface area contributed by atoms with Gasteiger partial charge in [0.2, 0.25) is 0 Å². The first kappa shape index (κ1) is 23.1. The van der Waals surface area contributed by atoms with Gasteiger partial charge in [0, 0.05) is 5.56 Å². The van der Waals surface area contributed by atoms with Crippen LogP contribution in [0.2, 0.25) is 0 Å². The summed E-state index contributed by atoms with van der Waals surface area (Å²) in [5.41, 5.74) is 4.62. The van der Waals surface area contributed by atoms with E-state index in [1.807, 2.05) is 36.4 Å². The van der Waals surface area contributed by atoms with E-state index in [4.69, 9.17) is 0 Å². The fourth-order valence-electron chi connectivity index (χ4n) is 3.74. The Bertz CT molecular complexity index is 742. The lowest BCUT2D eigenvalue weighted by atomic mass is 9.98. The fourth-order valence-corrected chi connectivity index (χ4v) is 3.74. The zero-order valence-electron chi connectivity index (χ0n) is 18.5. The minimum absolute atomic E-state index is 0.0578. The topological polar surface area (TPSA) is 17.1 Å². The lowest BCUT2D eigenvalue weighted by molar-refractivity contribution is 0.104. The first-order valence-electron chi connectivity index (χ1n) is 11.6. The molecule has 0 heterocycles. The van der Waals surface area contributed by atoms with Gasteiger partial charge in [-0.2, -0.15) is 0 Å². The van der Waals surface area contributed by atoms with Crippen molar-refractivity contribution in [3.63, 3.8) is 0 Å². The summed E-state index contributed by atoms with van der Waals surface area (Å²) in [7, 11) is 0. The van der Waals surface area contributed by atoms with Gasteiger partial charge in [-0.05, 0) is 42.5 Å². The third-order valence-electron chi connectivity index (χ3n) is 5.66. The number of hydrogen-bond donors (Lipinski definition) is 0. The van der Waals surface area contributed by atoms with Crippen LogP contribution in [0.15, 0.2) is 54.6 Å². The van der Waals surface area contributed by atoms with Crippen molar-refractivity contribution >= 4 is 11.9 Å². The van der Waals surface area contributed by atoms with Gasteiger partial charge in [-0.1, -0.05) is 119 Å². The predicted octanol–water partition coefficient (Wildman–Crippen LogP) is 8.35. The average molecular weight is 391 g/mol. The number of carbonyl (C=O) groups is 1. The van der Waals surface area contributed by atoms with Gasteiger partial charge in [0.25, 0.3) is 0 Å². The number of hydrogen-bond acceptors (Lipinski definition) is 1. The molecule has 0 radical (unpaired) electrons. The minimum atomic E-state index is 0.0578. The molecule has 0 aromatic heterocycles. The molecule has 0 saturated heterocycles. The molecular formula is C28H38O. The van der Waals surface area contributed by atoms with Gasteiger partial charge in [-0.15, -0.1) is 0 Å². The van der Waals surface area contributed by atoms with Crippen molar-refractivity contribution in [3.8, 4) is 0 Å². The summed E-state index contributed by atoms with van der Waals surface area (Å²) in [5.74, 6) is 0.0578. The Morgan fingerprint density at radius 1 is 0.793 bits per heavy atom. The van der Waals surface area contributed by atoms with Gasteiger partial charge < -0.3 is 0 Å². The molecule has 2 rings (SSSR count). The van der Waals surface area contributed by atoms with Gasteiger partial charge in [-0.25, -0.2) is 0 Å². The van der Waals surface area contributed by atoms with Crippen LogP contribution in [0.3, 0.4) is 0 Å². The third kappa shape index (κ3) is 9.26. The maximum Gasteiger partial charge on any atom is 0.185 e. The van der Waals surface area contributed by atoms with E-state index < -0.39 is 0 Å². The molecule has 2 aromatic carbocycles. The second-order valence-corrected chi connectivity index (χ2v) is 8.18. The molecule has 0 bridgehead atoms. The van der Waals surface area contributed by atoms with Crippen LogP contribution in [-0.2, 0) is 6.42 Å². The average Bonchev–Trinajstić information content (AvgIpc) is 2.75. The van der Waals surface area contributed by atoms with Crippen molar-refractivity contribution in [3.05, 3.63) is 76.9 Å². The standard InChI is InChI=1S/C28H38O/c1-3-4-5-6-7-8-9-10-11-13-18-27-23-25(20-19-24(27)2)21-22-28(29)26-16-14-12-15-17-26/h12,14-17,19-23H,3-11,13,18H2,1-2H3.